The first-order chi connectivity index (χ1) is 11.9. The summed E-state index contributed by atoms with van der Waals surface area (Å²) in [6.45, 7) is 7.93. The van der Waals surface area contributed by atoms with Crippen LogP contribution in [0.3, 0.4) is 0 Å². The van der Waals surface area contributed by atoms with E-state index in [0.717, 1.165) is 16.9 Å². The first-order valence-electron chi connectivity index (χ1n) is 8.58. The molecular weight excluding hydrogens is 314 g/mol. The van der Waals surface area contributed by atoms with Crippen molar-refractivity contribution in [1.29, 1.82) is 0 Å². The van der Waals surface area contributed by atoms with Crippen molar-refractivity contribution < 1.29 is 14.3 Å². The summed E-state index contributed by atoms with van der Waals surface area (Å²) in [7, 11) is 1.64. The van der Waals surface area contributed by atoms with E-state index in [0.29, 0.717) is 5.75 Å². The van der Waals surface area contributed by atoms with E-state index >= 15 is 0 Å². The van der Waals surface area contributed by atoms with E-state index in [2.05, 4.69) is 19.2 Å². The zero-order valence-corrected chi connectivity index (χ0v) is 15.6. The Morgan fingerprint density at radius 1 is 1.00 bits per heavy atom. The van der Waals surface area contributed by atoms with Crippen LogP contribution in [0.15, 0.2) is 48.5 Å². The number of carbonyl (C=O) groups excluding carboxylic acids is 1. The van der Waals surface area contributed by atoms with E-state index in [1.807, 2.05) is 55.5 Å². The summed E-state index contributed by atoms with van der Waals surface area (Å²) >= 11 is 0. The van der Waals surface area contributed by atoms with Gasteiger partial charge in [0.1, 0.15) is 11.5 Å². The van der Waals surface area contributed by atoms with Gasteiger partial charge in [-0.25, -0.2) is 0 Å². The number of carbonyl (C=O) groups is 1. The largest absolute Gasteiger partial charge is 0.497 e. The number of methoxy groups -OCH3 is 1. The van der Waals surface area contributed by atoms with Crippen LogP contribution in [0.5, 0.6) is 11.5 Å². The molecule has 1 amide bonds. The van der Waals surface area contributed by atoms with E-state index in [1.54, 1.807) is 14.0 Å². The average molecular weight is 341 g/mol. The molecular formula is C21H27NO3. The number of nitrogens with one attached hydrogen (secondary N) is 1. The number of benzene rings is 2. The molecule has 0 saturated carbocycles. The summed E-state index contributed by atoms with van der Waals surface area (Å²) in [4.78, 5) is 12.6. The zero-order valence-electron chi connectivity index (χ0n) is 15.6. The number of ether oxygens (including phenoxy) is 2. The van der Waals surface area contributed by atoms with Crippen LogP contribution in [-0.4, -0.2) is 19.1 Å². The Morgan fingerprint density at radius 2 is 1.68 bits per heavy atom. The van der Waals surface area contributed by atoms with Gasteiger partial charge >= 0.3 is 0 Å². The molecule has 2 aromatic rings. The summed E-state index contributed by atoms with van der Waals surface area (Å²) in [6.07, 6.45) is -0.568. The Hall–Kier alpha value is -2.49. The highest BCUT2D eigenvalue weighted by molar-refractivity contribution is 5.81. The van der Waals surface area contributed by atoms with Crippen molar-refractivity contribution in [2.75, 3.05) is 7.11 Å². The molecule has 2 aromatic carbocycles. The van der Waals surface area contributed by atoms with Crippen LogP contribution in [0.25, 0.3) is 0 Å². The summed E-state index contributed by atoms with van der Waals surface area (Å²) in [5, 5.41) is 3.10. The van der Waals surface area contributed by atoms with Crippen LogP contribution in [0.4, 0.5) is 0 Å². The lowest BCUT2D eigenvalue weighted by molar-refractivity contribution is -0.128. The third-order valence-electron chi connectivity index (χ3n) is 4.11. The minimum atomic E-state index is -0.568. The van der Waals surface area contributed by atoms with E-state index in [-0.39, 0.29) is 17.9 Å². The van der Waals surface area contributed by atoms with Crippen molar-refractivity contribution in [2.24, 2.45) is 5.92 Å². The Labute approximate surface area is 150 Å². The van der Waals surface area contributed by atoms with E-state index in [1.165, 1.54) is 0 Å². The van der Waals surface area contributed by atoms with Gasteiger partial charge in [-0.3, -0.25) is 4.79 Å². The molecule has 0 bridgehead atoms. The van der Waals surface area contributed by atoms with Crippen molar-refractivity contribution in [1.82, 2.24) is 5.32 Å². The van der Waals surface area contributed by atoms with Gasteiger partial charge in [0.2, 0.25) is 0 Å². The Morgan fingerprint density at radius 3 is 2.24 bits per heavy atom. The Bertz CT molecular complexity index is 695. The second kappa shape index (κ2) is 8.56. The molecule has 0 aromatic heterocycles. The molecule has 1 N–H and O–H groups in total. The molecule has 0 heterocycles. The first kappa shape index (κ1) is 18.8. The first-order valence-corrected chi connectivity index (χ1v) is 8.58. The van der Waals surface area contributed by atoms with Crippen LogP contribution in [0.2, 0.25) is 0 Å². The molecule has 0 aliphatic rings. The van der Waals surface area contributed by atoms with Gasteiger partial charge in [-0.2, -0.15) is 0 Å². The van der Waals surface area contributed by atoms with E-state index < -0.39 is 6.10 Å². The predicted molar refractivity (Wildman–Crippen MR) is 100.0 cm³/mol. The maximum absolute atomic E-state index is 12.6. The number of rotatable bonds is 7. The van der Waals surface area contributed by atoms with Crippen molar-refractivity contribution >= 4 is 5.91 Å². The Balaban J connectivity index is 2.06. The molecule has 2 atom stereocenters. The lowest BCUT2D eigenvalue weighted by atomic mass is 9.95. The smallest absolute Gasteiger partial charge is 0.261 e. The second-order valence-electron chi connectivity index (χ2n) is 6.58. The minimum Gasteiger partial charge on any atom is -0.497 e. The highest BCUT2D eigenvalue weighted by Gasteiger charge is 2.22. The molecule has 25 heavy (non-hydrogen) atoms. The number of aryl methyl sites for hydroxylation is 1. The standard InChI is InChI=1S/C21H27NO3/c1-14(2)20(17-9-11-18(24-5)12-10-17)22-21(23)16(4)25-19-8-6-7-15(3)13-19/h6-14,16,20H,1-5H3,(H,22,23)/t16-,20-/m0/s1. The maximum Gasteiger partial charge on any atom is 0.261 e. The van der Waals surface area contributed by atoms with Crippen molar-refractivity contribution in [3.05, 3.63) is 59.7 Å². The predicted octanol–water partition coefficient (Wildman–Crippen LogP) is 4.28. The van der Waals surface area contributed by atoms with Gasteiger partial charge < -0.3 is 14.8 Å². The van der Waals surface area contributed by atoms with Crippen molar-refractivity contribution in [3.63, 3.8) is 0 Å². The summed E-state index contributed by atoms with van der Waals surface area (Å²) in [5.74, 6) is 1.63. The van der Waals surface area contributed by atoms with Crippen LogP contribution >= 0.6 is 0 Å². The molecule has 0 aliphatic heterocycles. The van der Waals surface area contributed by atoms with Gasteiger partial charge in [0.25, 0.3) is 5.91 Å². The Kier molecular flexibility index (Phi) is 6.45. The third kappa shape index (κ3) is 5.24. The van der Waals surface area contributed by atoms with Gasteiger partial charge in [0.15, 0.2) is 6.10 Å². The lowest BCUT2D eigenvalue weighted by Gasteiger charge is -2.25. The topological polar surface area (TPSA) is 47.6 Å². The fourth-order valence-electron chi connectivity index (χ4n) is 2.66. The minimum absolute atomic E-state index is 0.0815. The fraction of sp³-hybridized carbons (Fsp3) is 0.381. The monoisotopic (exact) mass is 341 g/mol. The van der Waals surface area contributed by atoms with Crippen LogP contribution in [-0.2, 0) is 4.79 Å². The van der Waals surface area contributed by atoms with Gasteiger partial charge in [-0.1, -0.05) is 38.1 Å². The molecule has 134 valence electrons. The molecule has 0 radical (unpaired) electrons. The van der Waals surface area contributed by atoms with Crippen molar-refractivity contribution in [2.45, 2.75) is 39.8 Å². The molecule has 0 fully saturated rings. The van der Waals surface area contributed by atoms with E-state index in [4.69, 9.17) is 9.47 Å². The van der Waals surface area contributed by atoms with Gasteiger partial charge in [-0.15, -0.1) is 0 Å². The third-order valence-corrected chi connectivity index (χ3v) is 4.11. The van der Waals surface area contributed by atoms with Crippen molar-refractivity contribution in [3.8, 4) is 11.5 Å². The van der Waals surface area contributed by atoms with E-state index in [9.17, 15) is 4.79 Å². The van der Waals surface area contributed by atoms with Crippen LogP contribution in [0, 0.1) is 12.8 Å². The molecule has 4 heteroatoms. The number of hydrogen-bond acceptors (Lipinski definition) is 3. The van der Waals surface area contributed by atoms with Crippen LogP contribution in [0.1, 0.15) is 37.9 Å². The van der Waals surface area contributed by atoms with Gasteiger partial charge in [0, 0.05) is 0 Å². The van der Waals surface area contributed by atoms with Crippen LogP contribution < -0.4 is 14.8 Å². The fourth-order valence-corrected chi connectivity index (χ4v) is 2.66. The van der Waals surface area contributed by atoms with Gasteiger partial charge in [-0.05, 0) is 55.2 Å². The quantitative estimate of drug-likeness (QED) is 0.817. The number of amides is 1. The summed E-state index contributed by atoms with van der Waals surface area (Å²) in [5.41, 5.74) is 2.15. The van der Waals surface area contributed by atoms with Gasteiger partial charge in [0.05, 0.1) is 13.2 Å². The normalized spacial score (nSPS) is 13.2. The zero-order chi connectivity index (χ0) is 18.4. The highest BCUT2D eigenvalue weighted by atomic mass is 16.5. The molecule has 0 spiro atoms. The molecule has 2 rings (SSSR count). The second-order valence-corrected chi connectivity index (χ2v) is 6.58. The maximum atomic E-state index is 12.6. The molecule has 0 saturated heterocycles. The molecule has 0 aliphatic carbocycles. The highest BCUT2D eigenvalue weighted by Crippen LogP contribution is 2.24. The number of hydrogen-bond donors (Lipinski definition) is 1. The SMILES string of the molecule is COc1ccc([C@@H](NC(=O)[C@H](C)Oc2cccc(C)c2)C(C)C)cc1. The average Bonchev–Trinajstić information content (AvgIpc) is 2.59. The summed E-state index contributed by atoms with van der Waals surface area (Å²) < 4.78 is 11.0. The summed E-state index contributed by atoms with van der Waals surface area (Å²) in [6, 6.07) is 15.4. The molecule has 0 unspecified atom stereocenters. The lowest BCUT2D eigenvalue weighted by Crippen LogP contribution is -2.40. The molecule has 4 nitrogen and oxygen atoms in total.